The van der Waals surface area contributed by atoms with E-state index in [-0.39, 0.29) is 0 Å². The molecule has 0 unspecified atom stereocenters. The topological polar surface area (TPSA) is 65.2 Å². The predicted molar refractivity (Wildman–Crippen MR) is 91.5 cm³/mol. The summed E-state index contributed by atoms with van der Waals surface area (Å²) < 4.78 is 11.4. The van der Waals surface area contributed by atoms with Gasteiger partial charge in [0.1, 0.15) is 17.0 Å². The molecular weight excluding hydrogens is 288 g/mol. The molecular formula is C19H14N2O2. The summed E-state index contributed by atoms with van der Waals surface area (Å²) in [5, 5.41) is 0. The molecule has 2 N–H and O–H groups in total. The van der Waals surface area contributed by atoms with Gasteiger partial charge in [-0.3, -0.25) is 0 Å². The molecule has 4 aromatic rings. The molecule has 0 aliphatic heterocycles. The molecule has 112 valence electrons. The lowest BCUT2D eigenvalue weighted by molar-refractivity contribution is 0.570. The van der Waals surface area contributed by atoms with Gasteiger partial charge < -0.3 is 14.6 Å². The van der Waals surface area contributed by atoms with Crippen molar-refractivity contribution in [2.75, 3.05) is 5.73 Å². The van der Waals surface area contributed by atoms with Crippen molar-refractivity contribution in [2.24, 2.45) is 0 Å². The number of para-hydroxylation sites is 2. The van der Waals surface area contributed by atoms with Gasteiger partial charge in [-0.2, -0.15) is 0 Å². The lowest BCUT2D eigenvalue weighted by Gasteiger charge is -1.97. The molecule has 4 rings (SSSR count). The molecule has 0 fully saturated rings. The van der Waals surface area contributed by atoms with Crippen LogP contribution in [0.2, 0.25) is 0 Å². The Bertz CT molecular complexity index is 945. The van der Waals surface area contributed by atoms with Gasteiger partial charge in [-0.05, 0) is 54.6 Å². The number of aromatic nitrogens is 1. The van der Waals surface area contributed by atoms with E-state index >= 15 is 0 Å². The number of benzene rings is 2. The summed E-state index contributed by atoms with van der Waals surface area (Å²) in [5.41, 5.74) is 9.03. The van der Waals surface area contributed by atoms with E-state index in [9.17, 15) is 0 Å². The SMILES string of the molecule is Nc1ccc(-c2ccc(/C=C/c3nc4ccccc4o3)o2)cc1. The lowest BCUT2D eigenvalue weighted by Crippen LogP contribution is -1.82. The smallest absolute Gasteiger partial charge is 0.220 e. The van der Waals surface area contributed by atoms with E-state index in [1.807, 2.05) is 66.7 Å². The number of oxazole rings is 1. The maximum absolute atomic E-state index is 5.81. The molecule has 4 nitrogen and oxygen atoms in total. The van der Waals surface area contributed by atoms with E-state index in [1.165, 1.54) is 0 Å². The average molecular weight is 302 g/mol. The Balaban J connectivity index is 1.58. The Morgan fingerprint density at radius 3 is 2.48 bits per heavy atom. The second-order valence-electron chi connectivity index (χ2n) is 5.18. The highest BCUT2D eigenvalue weighted by atomic mass is 16.3. The van der Waals surface area contributed by atoms with Crippen molar-refractivity contribution in [2.45, 2.75) is 0 Å². The molecule has 0 saturated carbocycles. The van der Waals surface area contributed by atoms with Gasteiger partial charge in [0.05, 0.1) is 0 Å². The van der Waals surface area contributed by atoms with Gasteiger partial charge in [-0.1, -0.05) is 12.1 Å². The highest BCUT2D eigenvalue weighted by Gasteiger charge is 2.04. The normalized spacial score (nSPS) is 11.5. The first-order valence-electron chi connectivity index (χ1n) is 7.27. The van der Waals surface area contributed by atoms with E-state index in [0.717, 1.165) is 33.9 Å². The fourth-order valence-electron chi connectivity index (χ4n) is 2.36. The van der Waals surface area contributed by atoms with Gasteiger partial charge in [0.25, 0.3) is 0 Å². The molecule has 0 saturated heterocycles. The van der Waals surface area contributed by atoms with Crippen molar-refractivity contribution >= 4 is 28.9 Å². The zero-order valence-corrected chi connectivity index (χ0v) is 12.3. The summed E-state index contributed by atoms with van der Waals surface area (Å²) in [6.07, 6.45) is 3.64. The summed E-state index contributed by atoms with van der Waals surface area (Å²) in [4.78, 5) is 4.39. The number of hydrogen-bond donors (Lipinski definition) is 1. The van der Waals surface area contributed by atoms with Crippen LogP contribution in [0.3, 0.4) is 0 Å². The van der Waals surface area contributed by atoms with Gasteiger partial charge in [0.15, 0.2) is 5.58 Å². The predicted octanol–water partition coefficient (Wildman–Crippen LogP) is 4.84. The van der Waals surface area contributed by atoms with Gasteiger partial charge in [-0.25, -0.2) is 4.98 Å². The highest BCUT2D eigenvalue weighted by molar-refractivity contribution is 5.75. The number of nitrogens with zero attached hydrogens (tertiary/aromatic N) is 1. The van der Waals surface area contributed by atoms with E-state index in [1.54, 1.807) is 6.08 Å². The number of nitrogens with two attached hydrogens (primary N) is 1. The van der Waals surface area contributed by atoms with Crippen LogP contribution in [0.4, 0.5) is 5.69 Å². The van der Waals surface area contributed by atoms with Crippen LogP contribution in [0.5, 0.6) is 0 Å². The number of hydrogen-bond acceptors (Lipinski definition) is 4. The lowest BCUT2D eigenvalue weighted by atomic mass is 10.1. The molecule has 2 aromatic heterocycles. The third-order valence-electron chi connectivity index (χ3n) is 3.52. The molecule has 0 radical (unpaired) electrons. The van der Waals surface area contributed by atoms with Gasteiger partial charge in [0.2, 0.25) is 5.89 Å². The van der Waals surface area contributed by atoms with Crippen LogP contribution in [0.15, 0.2) is 69.5 Å². The first-order chi connectivity index (χ1) is 11.3. The monoisotopic (exact) mass is 302 g/mol. The van der Waals surface area contributed by atoms with E-state index in [4.69, 9.17) is 14.6 Å². The fourth-order valence-corrected chi connectivity index (χ4v) is 2.36. The van der Waals surface area contributed by atoms with Gasteiger partial charge >= 0.3 is 0 Å². The maximum Gasteiger partial charge on any atom is 0.220 e. The standard InChI is InChI=1S/C19H14N2O2/c20-14-7-5-13(6-8-14)17-11-9-15(22-17)10-12-19-21-16-3-1-2-4-18(16)23-19/h1-12H,20H2/b12-10+. The van der Waals surface area contributed by atoms with E-state index in [0.29, 0.717) is 5.89 Å². The van der Waals surface area contributed by atoms with Crippen LogP contribution in [-0.2, 0) is 0 Å². The Hall–Kier alpha value is -3.27. The third kappa shape index (κ3) is 2.74. The fraction of sp³-hybridized carbons (Fsp3) is 0. The molecule has 4 heteroatoms. The summed E-state index contributed by atoms with van der Waals surface area (Å²) in [7, 11) is 0. The quantitative estimate of drug-likeness (QED) is 0.550. The van der Waals surface area contributed by atoms with Crippen LogP contribution in [0, 0.1) is 0 Å². The van der Waals surface area contributed by atoms with Crippen molar-refractivity contribution in [1.29, 1.82) is 0 Å². The van der Waals surface area contributed by atoms with E-state index < -0.39 is 0 Å². The summed E-state index contributed by atoms with van der Waals surface area (Å²) in [6, 6.07) is 19.1. The minimum Gasteiger partial charge on any atom is -0.457 e. The van der Waals surface area contributed by atoms with Crippen LogP contribution >= 0.6 is 0 Å². The summed E-state index contributed by atoms with van der Waals surface area (Å²) >= 11 is 0. The van der Waals surface area contributed by atoms with Crippen molar-refractivity contribution < 1.29 is 8.83 Å². The highest BCUT2D eigenvalue weighted by Crippen LogP contribution is 2.24. The maximum atomic E-state index is 5.81. The first-order valence-corrected chi connectivity index (χ1v) is 7.27. The molecule has 23 heavy (non-hydrogen) atoms. The van der Waals surface area contributed by atoms with Crippen molar-refractivity contribution in [3.05, 3.63) is 72.3 Å². The minimum atomic E-state index is 0.552. The number of rotatable bonds is 3. The Morgan fingerprint density at radius 1 is 0.826 bits per heavy atom. The van der Waals surface area contributed by atoms with Crippen LogP contribution in [-0.4, -0.2) is 4.98 Å². The molecule has 0 spiro atoms. The number of anilines is 1. The van der Waals surface area contributed by atoms with Gasteiger partial charge in [-0.15, -0.1) is 0 Å². The van der Waals surface area contributed by atoms with Crippen LogP contribution in [0.25, 0.3) is 34.6 Å². The average Bonchev–Trinajstić information content (AvgIpc) is 3.20. The van der Waals surface area contributed by atoms with Crippen molar-refractivity contribution in [3.63, 3.8) is 0 Å². The van der Waals surface area contributed by atoms with Crippen LogP contribution in [0.1, 0.15) is 11.7 Å². The van der Waals surface area contributed by atoms with E-state index in [2.05, 4.69) is 4.98 Å². The Labute approximate surface area is 132 Å². The largest absolute Gasteiger partial charge is 0.457 e. The molecule has 0 aliphatic rings. The van der Waals surface area contributed by atoms with Gasteiger partial charge in [0, 0.05) is 17.3 Å². The number of fused-ring (bicyclic) bond motifs is 1. The molecule has 0 aliphatic carbocycles. The summed E-state index contributed by atoms with van der Waals surface area (Å²) in [6.45, 7) is 0. The molecule has 0 amide bonds. The van der Waals surface area contributed by atoms with Crippen LogP contribution < -0.4 is 5.73 Å². The Kier molecular flexibility index (Phi) is 3.20. The molecule has 2 aromatic carbocycles. The number of furan rings is 1. The second-order valence-corrected chi connectivity index (χ2v) is 5.18. The Morgan fingerprint density at radius 2 is 1.65 bits per heavy atom. The van der Waals surface area contributed by atoms with Crippen molar-refractivity contribution in [1.82, 2.24) is 4.98 Å². The number of nitrogen functional groups attached to an aromatic ring is 1. The molecule has 2 heterocycles. The first kappa shape index (κ1) is 13.4. The minimum absolute atomic E-state index is 0.552. The van der Waals surface area contributed by atoms with Crippen molar-refractivity contribution in [3.8, 4) is 11.3 Å². The zero-order valence-electron chi connectivity index (χ0n) is 12.3. The summed E-state index contributed by atoms with van der Waals surface area (Å²) in [5.74, 6) is 2.08. The third-order valence-corrected chi connectivity index (χ3v) is 3.52. The zero-order chi connectivity index (χ0) is 15.6. The molecule has 0 bridgehead atoms. The molecule has 0 atom stereocenters. The second kappa shape index (κ2) is 5.50.